The fourth-order valence-electron chi connectivity index (χ4n) is 9.07. The molecule has 4 heteroatoms. The van der Waals surface area contributed by atoms with Crippen LogP contribution in [0.3, 0.4) is 0 Å². The first-order chi connectivity index (χ1) is 28.5. The molecule has 0 N–H and O–H groups in total. The fourth-order valence-corrected chi connectivity index (χ4v) is 9.07. The van der Waals surface area contributed by atoms with Crippen LogP contribution in [0.25, 0.3) is 95.0 Å². The number of benzene rings is 8. The van der Waals surface area contributed by atoms with Crippen LogP contribution in [0.2, 0.25) is 0 Å². The van der Waals surface area contributed by atoms with Crippen LogP contribution in [0.5, 0.6) is 0 Å². The molecular weight excluding hydrogens is 705 g/mol. The molecule has 0 atom stereocenters. The summed E-state index contributed by atoms with van der Waals surface area (Å²) < 4.78 is 2.42. The minimum absolute atomic E-state index is 0.0867. The van der Waals surface area contributed by atoms with Crippen molar-refractivity contribution in [3.63, 3.8) is 0 Å². The Morgan fingerprint density at radius 2 is 0.897 bits per heavy atom. The molecule has 58 heavy (non-hydrogen) atoms. The lowest BCUT2D eigenvalue weighted by Gasteiger charge is -2.22. The van der Waals surface area contributed by atoms with E-state index < -0.39 is 0 Å². The first kappa shape index (κ1) is 33.9. The molecule has 0 unspecified atom stereocenters. The average molecular weight is 743 g/mol. The van der Waals surface area contributed by atoms with Gasteiger partial charge in [0, 0.05) is 44.1 Å². The molecule has 0 radical (unpaired) electrons. The third kappa shape index (κ3) is 5.41. The molecule has 1 aliphatic carbocycles. The third-order valence-corrected chi connectivity index (χ3v) is 11.9. The summed E-state index contributed by atoms with van der Waals surface area (Å²) in [5.41, 5.74) is 16.3. The highest BCUT2D eigenvalue weighted by atomic mass is 15.0. The van der Waals surface area contributed by atoms with Crippen molar-refractivity contribution in [3.8, 4) is 73.2 Å². The maximum Gasteiger partial charge on any atom is 0.164 e. The van der Waals surface area contributed by atoms with E-state index in [0.717, 1.165) is 33.4 Å². The molecule has 0 amide bonds. The lowest BCUT2D eigenvalue weighted by molar-refractivity contribution is 0.660. The average Bonchev–Trinajstić information content (AvgIpc) is 3.75. The summed E-state index contributed by atoms with van der Waals surface area (Å²) in [6.45, 7) is 4.70. The van der Waals surface area contributed by atoms with E-state index in [1.807, 2.05) is 60.7 Å². The van der Waals surface area contributed by atoms with Gasteiger partial charge in [0.2, 0.25) is 0 Å². The molecule has 0 saturated heterocycles. The summed E-state index contributed by atoms with van der Waals surface area (Å²) in [5, 5.41) is 2.41. The van der Waals surface area contributed by atoms with Gasteiger partial charge in [0.05, 0.1) is 11.0 Å². The topological polar surface area (TPSA) is 43.6 Å². The Balaban J connectivity index is 1.10. The molecule has 0 spiro atoms. The number of hydrogen-bond donors (Lipinski definition) is 0. The Morgan fingerprint density at radius 3 is 1.64 bits per heavy atom. The largest absolute Gasteiger partial charge is 0.309 e. The monoisotopic (exact) mass is 742 g/mol. The summed E-state index contributed by atoms with van der Waals surface area (Å²) in [7, 11) is 0. The van der Waals surface area contributed by atoms with Crippen LogP contribution >= 0.6 is 0 Å². The summed E-state index contributed by atoms with van der Waals surface area (Å²) in [6.07, 6.45) is 0. The minimum atomic E-state index is -0.0867. The van der Waals surface area contributed by atoms with Gasteiger partial charge in [0.25, 0.3) is 0 Å². The number of fused-ring (bicyclic) bond motifs is 6. The molecule has 0 bridgehead atoms. The Hall–Kier alpha value is -7.43. The second-order valence-corrected chi connectivity index (χ2v) is 15.6. The molecule has 11 rings (SSSR count). The van der Waals surface area contributed by atoms with Gasteiger partial charge in [0.1, 0.15) is 0 Å². The van der Waals surface area contributed by atoms with Crippen LogP contribution in [0.15, 0.2) is 194 Å². The Labute approximate surface area is 337 Å². The third-order valence-electron chi connectivity index (χ3n) is 11.9. The van der Waals surface area contributed by atoms with E-state index in [1.54, 1.807) is 0 Å². The molecule has 0 saturated carbocycles. The van der Waals surface area contributed by atoms with E-state index in [2.05, 4.69) is 152 Å². The maximum atomic E-state index is 5.07. The van der Waals surface area contributed by atoms with Crippen molar-refractivity contribution in [2.75, 3.05) is 0 Å². The number of nitrogens with zero attached hydrogens (tertiary/aromatic N) is 4. The van der Waals surface area contributed by atoms with Crippen molar-refractivity contribution in [1.82, 2.24) is 19.5 Å². The van der Waals surface area contributed by atoms with E-state index in [4.69, 9.17) is 15.0 Å². The highest BCUT2D eigenvalue weighted by Gasteiger charge is 2.35. The van der Waals surface area contributed by atoms with Crippen molar-refractivity contribution < 1.29 is 0 Å². The van der Waals surface area contributed by atoms with Gasteiger partial charge in [-0.3, -0.25) is 0 Å². The van der Waals surface area contributed by atoms with Crippen molar-refractivity contribution in [3.05, 3.63) is 205 Å². The highest BCUT2D eigenvalue weighted by molar-refractivity contribution is 6.14. The second-order valence-electron chi connectivity index (χ2n) is 15.6. The first-order valence-electron chi connectivity index (χ1n) is 19.9. The maximum absolute atomic E-state index is 5.07. The molecule has 1 aliphatic rings. The molecule has 0 fully saturated rings. The lowest BCUT2D eigenvalue weighted by Crippen LogP contribution is -2.14. The second kappa shape index (κ2) is 13.4. The van der Waals surface area contributed by atoms with Gasteiger partial charge in [-0.05, 0) is 63.2 Å². The van der Waals surface area contributed by atoms with Gasteiger partial charge in [-0.2, -0.15) is 0 Å². The molecule has 2 aromatic heterocycles. The van der Waals surface area contributed by atoms with Gasteiger partial charge >= 0.3 is 0 Å². The van der Waals surface area contributed by atoms with Crippen LogP contribution in [0.4, 0.5) is 0 Å². The molecule has 4 nitrogen and oxygen atoms in total. The molecule has 274 valence electrons. The predicted molar refractivity (Wildman–Crippen MR) is 239 cm³/mol. The molecule has 2 heterocycles. The smallest absolute Gasteiger partial charge is 0.164 e. The van der Waals surface area contributed by atoms with Gasteiger partial charge in [-0.1, -0.05) is 184 Å². The first-order valence-corrected chi connectivity index (χ1v) is 19.9. The van der Waals surface area contributed by atoms with E-state index in [1.165, 1.54) is 55.3 Å². The molecule has 0 aliphatic heterocycles. The number of para-hydroxylation sites is 2. The van der Waals surface area contributed by atoms with Crippen molar-refractivity contribution in [2.45, 2.75) is 19.3 Å². The fraction of sp³-hybridized carbons (Fsp3) is 0.0556. The van der Waals surface area contributed by atoms with Crippen molar-refractivity contribution in [1.29, 1.82) is 0 Å². The zero-order chi connectivity index (χ0) is 38.8. The number of hydrogen-bond acceptors (Lipinski definition) is 3. The van der Waals surface area contributed by atoms with Crippen LogP contribution in [0.1, 0.15) is 25.0 Å². The van der Waals surface area contributed by atoms with E-state index in [9.17, 15) is 0 Å². The summed E-state index contributed by atoms with van der Waals surface area (Å²) in [5.74, 6) is 1.91. The van der Waals surface area contributed by atoms with Crippen LogP contribution in [-0.4, -0.2) is 19.5 Å². The molecular formula is C54H38N4. The zero-order valence-electron chi connectivity index (χ0n) is 32.3. The standard InChI is InChI=1S/C54H38N4/c1-54(2)47-29-13-11-25-42(47)43-32-31-37(34-48(43)54)40-23-9-10-24-41(40)45-27-16-28-46-44-26-12-14-30-49(44)58(50(45)46)39-22-15-21-38(33-39)53-56-51(35-17-5-3-6-18-35)55-52(57-53)36-19-7-4-8-20-36/h3-34H,1-2H3. The van der Waals surface area contributed by atoms with Gasteiger partial charge in [-0.25, -0.2) is 15.0 Å². The number of aromatic nitrogens is 4. The molecule has 8 aromatic carbocycles. The van der Waals surface area contributed by atoms with Crippen LogP contribution < -0.4 is 0 Å². The van der Waals surface area contributed by atoms with Gasteiger partial charge in [-0.15, -0.1) is 0 Å². The Bertz CT molecular complexity index is 3140. The lowest BCUT2D eigenvalue weighted by atomic mass is 9.81. The SMILES string of the molecule is CC1(C)c2ccccc2-c2ccc(-c3ccccc3-c3cccc4c5ccccc5n(-c5cccc(-c6nc(-c7ccccc7)nc(-c7ccccc7)n6)c5)c34)cc21. The quantitative estimate of drug-likeness (QED) is 0.170. The van der Waals surface area contributed by atoms with Crippen molar-refractivity contribution >= 4 is 21.8 Å². The Kier molecular flexibility index (Phi) is 7.80. The van der Waals surface area contributed by atoms with Gasteiger partial charge in [0.15, 0.2) is 17.5 Å². The van der Waals surface area contributed by atoms with E-state index in [0.29, 0.717) is 17.5 Å². The predicted octanol–water partition coefficient (Wildman–Crippen LogP) is 13.6. The van der Waals surface area contributed by atoms with Gasteiger partial charge < -0.3 is 4.57 Å². The van der Waals surface area contributed by atoms with E-state index >= 15 is 0 Å². The van der Waals surface area contributed by atoms with E-state index in [-0.39, 0.29) is 5.41 Å². The summed E-state index contributed by atoms with van der Waals surface area (Å²) in [4.78, 5) is 15.1. The zero-order valence-corrected chi connectivity index (χ0v) is 32.3. The summed E-state index contributed by atoms with van der Waals surface area (Å²) in [6, 6.07) is 69.1. The summed E-state index contributed by atoms with van der Waals surface area (Å²) >= 11 is 0. The van der Waals surface area contributed by atoms with Crippen LogP contribution in [-0.2, 0) is 5.41 Å². The highest BCUT2D eigenvalue weighted by Crippen LogP contribution is 2.50. The van der Waals surface area contributed by atoms with Crippen LogP contribution in [0, 0.1) is 0 Å². The Morgan fingerprint density at radius 1 is 0.362 bits per heavy atom. The molecule has 10 aromatic rings. The number of rotatable bonds is 6. The van der Waals surface area contributed by atoms with Crippen molar-refractivity contribution in [2.24, 2.45) is 0 Å². The normalized spacial score (nSPS) is 12.8. The minimum Gasteiger partial charge on any atom is -0.309 e.